The monoisotopic (exact) mass is 463 g/mol. The lowest BCUT2D eigenvalue weighted by Gasteiger charge is -2.13. The van der Waals surface area contributed by atoms with E-state index in [1.165, 1.54) is 16.7 Å². The van der Waals surface area contributed by atoms with E-state index in [1.54, 1.807) is 19.2 Å². The smallest absolute Gasteiger partial charge is 0.265 e. The summed E-state index contributed by atoms with van der Waals surface area (Å²) in [6.07, 6.45) is 2.53. The molecule has 3 rings (SSSR count). The molecule has 1 aliphatic heterocycles. The summed E-state index contributed by atoms with van der Waals surface area (Å²) in [5, 5.41) is 0.679. The van der Waals surface area contributed by atoms with Crippen LogP contribution in [0.4, 0.5) is 0 Å². The quantitative estimate of drug-likeness (QED) is 0.281. The lowest BCUT2D eigenvalue weighted by atomic mass is 10.2. The molecular formula is C22H22ClNO4S2. The van der Waals surface area contributed by atoms with Crippen molar-refractivity contribution in [2.24, 2.45) is 0 Å². The molecule has 0 atom stereocenters. The summed E-state index contributed by atoms with van der Waals surface area (Å²) in [6.45, 7) is 3.44. The number of hydrogen-bond donors (Lipinski definition) is 0. The standard InChI is InChI=1S/C22H22ClNO4S2/c1-3-26-19-13-15(14-20-21(25)24(2)22(29)30-20)5-10-18(19)28-12-4-11-27-17-8-6-16(23)7-9-17/h5-10,13-14H,3-4,11-12H2,1-2H3/b20-14-. The number of thiocarbonyl (C=S) groups is 1. The van der Waals surface area contributed by atoms with Crippen LogP contribution < -0.4 is 14.2 Å². The fraction of sp³-hybridized carbons (Fsp3) is 0.273. The van der Waals surface area contributed by atoms with Crippen LogP contribution in [0.5, 0.6) is 17.2 Å². The number of nitrogens with zero attached hydrogens (tertiary/aromatic N) is 1. The van der Waals surface area contributed by atoms with Gasteiger partial charge in [0.1, 0.15) is 10.1 Å². The Balaban J connectivity index is 1.57. The SMILES string of the molecule is CCOc1cc(/C=C2\SC(=S)N(C)C2=O)ccc1OCCCOc1ccc(Cl)cc1. The summed E-state index contributed by atoms with van der Waals surface area (Å²) in [7, 11) is 1.68. The number of halogens is 1. The molecule has 158 valence electrons. The van der Waals surface area contributed by atoms with Crippen LogP contribution in [-0.2, 0) is 4.79 Å². The van der Waals surface area contributed by atoms with Crippen LogP contribution in [-0.4, -0.2) is 42.0 Å². The van der Waals surface area contributed by atoms with E-state index in [9.17, 15) is 4.79 Å². The molecule has 8 heteroatoms. The van der Waals surface area contributed by atoms with E-state index >= 15 is 0 Å². The third-order valence-corrected chi connectivity index (χ3v) is 5.92. The zero-order valence-corrected chi connectivity index (χ0v) is 19.1. The van der Waals surface area contributed by atoms with E-state index in [1.807, 2.05) is 43.3 Å². The first kappa shape index (κ1) is 22.5. The second-order valence-corrected chi connectivity index (χ2v) is 8.50. The highest BCUT2D eigenvalue weighted by Gasteiger charge is 2.28. The minimum absolute atomic E-state index is 0.0935. The van der Waals surface area contributed by atoms with Gasteiger partial charge < -0.3 is 14.2 Å². The molecule has 0 N–H and O–H groups in total. The Bertz CT molecular complexity index is 947. The first-order valence-electron chi connectivity index (χ1n) is 9.47. The summed E-state index contributed by atoms with van der Waals surface area (Å²) < 4.78 is 17.8. The molecule has 1 saturated heterocycles. The Morgan fingerprint density at radius 2 is 1.80 bits per heavy atom. The van der Waals surface area contributed by atoms with Crippen LogP contribution in [0.25, 0.3) is 6.08 Å². The van der Waals surface area contributed by atoms with Crippen LogP contribution in [0.15, 0.2) is 47.4 Å². The van der Waals surface area contributed by atoms with Gasteiger partial charge in [-0.05, 0) is 55.0 Å². The highest BCUT2D eigenvalue weighted by atomic mass is 35.5. The van der Waals surface area contributed by atoms with Crippen molar-refractivity contribution in [1.82, 2.24) is 4.90 Å². The van der Waals surface area contributed by atoms with Crippen molar-refractivity contribution in [3.05, 3.63) is 58.0 Å². The summed E-state index contributed by atoms with van der Waals surface area (Å²) in [6, 6.07) is 12.9. The maximum atomic E-state index is 12.2. The largest absolute Gasteiger partial charge is 0.493 e. The molecule has 0 aliphatic carbocycles. The highest BCUT2D eigenvalue weighted by molar-refractivity contribution is 8.26. The number of hydrogen-bond acceptors (Lipinski definition) is 6. The summed E-state index contributed by atoms with van der Waals surface area (Å²) >= 11 is 12.3. The minimum atomic E-state index is -0.0935. The Hall–Kier alpha value is -2.22. The van der Waals surface area contributed by atoms with Gasteiger partial charge in [0.25, 0.3) is 5.91 Å². The van der Waals surface area contributed by atoms with E-state index in [2.05, 4.69) is 0 Å². The third kappa shape index (κ3) is 5.90. The molecule has 0 unspecified atom stereocenters. The van der Waals surface area contributed by atoms with Crippen molar-refractivity contribution in [2.45, 2.75) is 13.3 Å². The number of ether oxygens (including phenoxy) is 3. The van der Waals surface area contributed by atoms with Gasteiger partial charge >= 0.3 is 0 Å². The highest BCUT2D eigenvalue weighted by Crippen LogP contribution is 2.34. The Morgan fingerprint density at radius 3 is 2.47 bits per heavy atom. The van der Waals surface area contributed by atoms with Crippen molar-refractivity contribution < 1.29 is 19.0 Å². The van der Waals surface area contributed by atoms with E-state index in [-0.39, 0.29) is 5.91 Å². The average molecular weight is 464 g/mol. The summed E-state index contributed by atoms with van der Waals surface area (Å²) in [4.78, 5) is 14.3. The third-order valence-electron chi connectivity index (χ3n) is 4.18. The normalized spacial score (nSPS) is 15.0. The maximum Gasteiger partial charge on any atom is 0.265 e. The number of carbonyl (C=O) groups excluding carboxylic acids is 1. The van der Waals surface area contributed by atoms with Gasteiger partial charge in [-0.15, -0.1) is 0 Å². The van der Waals surface area contributed by atoms with Gasteiger partial charge in [0.2, 0.25) is 0 Å². The number of rotatable bonds is 9. The van der Waals surface area contributed by atoms with Crippen molar-refractivity contribution in [3.63, 3.8) is 0 Å². The molecule has 1 fully saturated rings. The van der Waals surface area contributed by atoms with Crippen LogP contribution >= 0.6 is 35.6 Å². The molecule has 0 saturated carbocycles. The molecule has 1 amide bonds. The number of carbonyl (C=O) groups is 1. The first-order valence-corrected chi connectivity index (χ1v) is 11.1. The average Bonchev–Trinajstić information content (AvgIpc) is 2.97. The molecule has 2 aromatic rings. The van der Waals surface area contributed by atoms with E-state index in [4.69, 9.17) is 38.0 Å². The van der Waals surface area contributed by atoms with Gasteiger partial charge in [-0.1, -0.05) is 41.6 Å². The molecule has 30 heavy (non-hydrogen) atoms. The Kier molecular flexibility index (Phi) is 8.01. The van der Waals surface area contributed by atoms with Gasteiger partial charge in [-0.25, -0.2) is 0 Å². The Morgan fingerprint density at radius 1 is 1.07 bits per heavy atom. The fourth-order valence-corrected chi connectivity index (χ4v) is 3.97. The fourth-order valence-electron chi connectivity index (χ4n) is 2.66. The van der Waals surface area contributed by atoms with Gasteiger partial charge in [-0.3, -0.25) is 9.69 Å². The van der Waals surface area contributed by atoms with Gasteiger partial charge in [0, 0.05) is 18.5 Å². The van der Waals surface area contributed by atoms with E-state index in [0.717, 1.165) is 17.7 Å². The topological polar surface area (TPSA) is 48.0 Å². The van der Waals surface area contributed by atoms with Crippen molar-refractivity contribution >= 4 is 51.9 Å². The maximum absolute atomic E-state index is 12.2. The molecule has 0 spiro atoms. The second kappa shape index (κ2) is 10.7. The molecule has 0 aromatic heterocycles. The van der Waals surface area contributed by atoms with Gasteiger partial charge in [0.05, 0.1) is 24.7 Å². The molecule has 0 radical (unpaired) electrons. The summed E-state index contributed by atoms with van der Waals surface area (Å²) in [5.41, 5.74) is 0.853. The number of thioether (sulfide) groups is 1. The van der Waals surface area contributed by atoms with Crippen LogP contribution in [0.2, 0.25) is 5.02 Å². The molecule has 0 bridgehead atoms. The second-order valence-electron chi connectivity index (χ2n) is 6.38. The van der Waals surface area contributed by atoms with Crippen LogP contribution in [0.3, 0.4) is 0 Å². The Labute approximate surface area is 190 Å². The van der Waals surface area contributed by atoms with Crippen molar-refractivity contribution in [2.75, 3.05) is 26.9 Å². The van der Waals surface area contributed by atoms with Gasteiger partial charge in [-0.2, -0.15) is 0 Å². The van der Waals surface area contributed by atoms with Crippen LogP contribution in [0.1, 0.15) is 18.9 Å². The number of benzene rings is 2. The minimum Gasteiger partial charge on any atom is -0.493 e. The van der Waals surface area contributed by atoms with Gasteiger partial charge in [0.15, 0.2) is 11.5 Å². The summed E-state index contributed by atoms with van der Waals surface area (Å²) in [5.74, 6) is 1.97. The molecule has 2 aromatic carbocycles. The van der Waals surface area contributed by atoms with Crippen molar-refractivity contribution in [1.29, 1.82) is 0 Å². The predicted octanol–water partition coefficient (Wildman–Crippen LogP) is 5.42. The molecule has 1 aliphatic rings. The van der Waals surface area contributed by atoms with E-state index in [0.29, 0.717) is 45.6 Å². The predicted molar refractivity (Wildman–Crippen MR) is 126 cm³/mol. The number of amides is 1. The zero-order valence-electron chi connectivity index (χ0n) is 16.7. The first-order chi connectivity index (χ1) is 14.5. The van der Waals surface area contributed by atoms with E-state index < -0.39 is 0 Å². The molecule has 1 heterocycles. The lowest BCUT2D eigenvalue weighted by Crippen LogP contribution is -2.22. The van der Waals surface area contributed by atoms with Crippen molar-refractivity contribution in [3.8, 4) is 17.2 Å². The van der Waals surface area contributed by atoms with Crippen LogP contribution in [0, 0.1) is 0 Å². The lowest BCUT2D eigenvalue weighted by molar-refractivity contribution is -0.121. The number of likely N-dealkylation sites (N-methyl/N-ethyl adjacent to an activating group) is 1. The zero-order chi connectivity index (χ0) is 21.5. The molecule has 5 nitrogen and oxygen atoms in total. The molecular weight excluding hydrogens is 442 g/mol.